The Balaban J connectivity index is 1.11. The summed E-state index contributed by atoms with van der Waals surface area (Å²) in [6.07, 6.45) is 1.43. The van der Waals surface area contributed by atoms with Gasteiger partial charge in [0.25, 0.3) is 0 Å². The van der Waals surface area contributed by atoms with E-state index in [1.54, 1.807) is 24.3 Å². The van der Waals surface area contributed by atoms with Gasteiger partial charge < -0.3 is 54.6 Å². The van der Waals surface area contributed by atoms with Crippen LogP contribution >= 0.6 is 23.2 Å². The molecule has 5 N–H and O–H groups in total. The number of hydrogen-bond acceptors (Lipinski definition) is 11. The number of carbonyl (C=O) groups excluding carboxylic acids is 2. The summed E-state index contributed by atoms with van der Waals surface area (Å²) in [5.74, 6) is -0.0766. The number of nitrogens with one attached hydrogen (secondary N) is 5. The molecule has 0 saturated heterocycles. The van der Waals surface area contributed by atoms with Gasteiger partial charge in [-0.25, -0.2) is 22.7 Å². The maximum absolute atomic E-state index is 13.1. The zero-order valence-corrected chi connectivity index (χ0v) is 35.4. The van der Waals surface area contributed by atoms with E-state index in [4.69, 9.17) is 51.6 Å². The van der Waals surface area contributed by atoms with Gasteiger partial charge in [-0.15, -0.1) is 0 Å². The molecular weight excluding hydrogens is 803 g/mol. The molecule has 2 aromatic rings. The maximum atomic E-state index is 13.1. The van der Waals surface area contributed by atoms with Crippen LogP contribution in [0.5, 0.6) is 0 Å². The highest BCUT2D eigenvalue weighted by Gasteiger charge is 2.28. The molecule has 322 valence electrons. The van der Waals surface area contributed by atoms with Gasteiger partial charge in [0, 0.05) is 68.4 Å². The van der Waals surface area contributed by atoms with Crippen LogP contribution in [-0.4, -0.2) is 151 Å². The molecule has 0 bridgehead atoms. The summed E-state index contributed by atoms with van der Waals surface area (Å²) in [6, 6.07) is 10.0. The molecule has 4 amide bonds. The van der Waals surface area contributed by atoms with Crippen LogP contribution in [0.25, 0.3) is 0 Å². The lowest BCUT2D eigenvalue weighted by Gasteiger charge is -2.33. The second-order valence-corrected chi connectivity index (χ2v) is 15.6. The van der Waals surface area contributed by atoms with Crippen LogP contribution in [0.1, 0.15) is 42.4 Å². The molecule has 0 aromatic heterocycles. The Morgan fingerprint density at radius 2 is 1.21 bits per heavy atom. The van der Waals surface area contributed by atoms with Crippen molar-refractivity contribution in [3.63, 3.8) is 0 Å². The SMILES string of the molecule is CCOCCOCCOCCNC(=O)NCCCCNC(=O)NCCOCCOCCOCCNS(=O)(=O)c1cccc(C2CN(C)Cc3c(Cl)cc(Cl)cc32)c1. The monoisotopic (exact) mass is 862 g/mol. The lowest BCUT2D eigenvalue weighted by atomic mass is 9.85. The van der Waals surface area contributed by atoms with Crippen molar-refractivity contribution in [2.24, 2.45) is 0 Å². The quantitative estimate of drug-likeness (QED) is 0.0726. The lowest BCUT2D eigenvalue weighted by Crippen LogP contribution is -2.39. The number of hydrogen-bond donors (Lipinski definition) is 5. The number of rotatable bonds is 30. The molecule has 16 nitrogen and oxygen atoms in total. The third-order valence-electron chi connectivity index (χ3n) is 8.53. The molecule has 3 rings (SSSR count). The van der Waals surface area contributed by atoms with Gasteiger partial charge in [-0.1, -0.05) is 35.3 Å². The highest BCUT2D eigenvalue weighted by molar-refractivity contribution is 7.89. The Kier molecular flexibility index (Phi) is 24.4. The van der Waals surface area contributed by atoms with Crippen molar-refractivity contribution in [2.75, 3.05) is 126 Å². The largest absolute Gasteiger partial charge is 0.379 e. The fourth-order valence-electron chi connectivity index (χ4n) is 5.74. The minimum Gasteiger partial charge on any atom is -0.379 e. The number of benzene rings is 2. The molecule has 57 heavy (non-hydrogen) atoms. The Hall–Kier alpha value is -2.81. The predicted molar refractivity (Wildman–Crippen MR) is 219 cm³/mol. The molecule has 0 saturated carbocycles. The van der Waals surface area contributed by atoms with Crippen molar-refractivity contribution in [1.82, 2.24) is 30.9 Å². The maximum Gasteiger partial charge on any atom is 0.314 e. The summed E-state index contributed by atoms with van der Waals surface area (Å²) in [6.45, 7) is 10.1. The van der Waals surface area contributed by atoms with Crippen LogP contribution in [0.2, 0.25) is 10.0 Å². The van der Waals surface area contributed by atoms with E-state index in [9.17, 15) is 18.0 Å². The molecular formula is C38H60Cl2N6O10S. The molecule has 0 spiro atoms. The second-order valence-electron chi connectivity index (χ2n) is 13.0. The Bertz CT molecular complexity index is 1580. The highest BCUT2D eigenvalue weighted by atomic mass is 35.5. The predicted octanol–water partition coefficient (Wildman–Crippen LogP) is 3.35. The normalized spacial score (nSPS) is 14.3. The molecule has 2 aromatic carbocycles. The molecule has 1 unspecified atom stereocenters. The Labute approximate surface area is 347 Å². The third-order valence-corrected chi connectivity index (χ3v) is 10.5. The minimum atomic E-state index is -3.76. The summed E-state index contributed by atoms with van der Waals surface area (Å²) in [4.78, 5) is 26.1. The summed E-state index contributed by atoms with van der Waals surface area (Å²) in [5.41, 5.74) is 2.88. The van der Waals surface area contributed by atoms with E-state index in [0.29, 0.717) is 135 Å². The molecule has 0 radical (unpaired) electrons. The van der Waals surface area contributed by atoms with Gasteiger partial charge in [-0.2, -0.15) is 0 Å². The summed E-state index contributed by atoms with van der Waals surface area (Å²) in [5, 5.41) is 12.1. The first-order valence-electron chi connectivity index (χ1n) is 19.4. The number of sulfonamides is 1. The van der Waals surface area contributed by atoms with Crippen molar-refractivity contribution in [3.8, 4) is 0 Å². The average molecular weight is 864 g/mol. The fraction of sp³-hybridized carbons (Fsp3) is 0.632. The molecule has 1 heterocycles. The fourth-order valence-corrected chi connectivity index (χ4v) is 7.38. The number of amides is 4. The summed E-state index contributed by atoms with van der Waals surface area (Å²) in [7, 11) is -1.75. The van der Waals surface area contributed by atoms with Crippen LogP contribution in [0.3, 0.4) is 0 Å². The average Bonchev–Trinajstić information content (AvgIpc) is 3.18. The van der Waals surface area contributed by atoms with Gasteiger partial charge in [0.1, 0.15) is 0 Å². The number of urea groups is 2. The zero-order chi connectivity index (χ0) is 41.1. The van der Waals surface area contributed by atoms with Gasteiger partial charge in [0.05, 0.1) is 77.6 Å². The van der Waals surface area contributed by atoms with Crippen molar-refractivity contribution in [3.05, 3.63) is 63.1 Å². The van der Waals surface area contributed by atoms with Crippen LogP contribution in [0.15, 0.2) is 41.3 Å². The summed E-state index contributed by atoms with van der Waals surface area (Å²) < 4.78 is 61.1. The van der Waals surface area contributed by atoms with Crippen LogP contribution in [0.4, 0.5) is 9.59 Å². The Morgan fingerprint density at radius 3 is 1.77 bits per heavy atom. The van der Waals surface area contributed by atoms with Crippen molar-refractivity contribution in [2.45, 2.75) is 37.1 Å². The van der Waals surface area contributed by atoms with Gasteiger partial charge >= 0.3 is 12.1 Å². The standard InChI is InChI=1S/C38H60Cl2N6O10S/c1-3-51-17-18-55-22-19-52-14-11-43-37(47)41-9-4-5-10-42-38(48)44-12-15-53-20-23-56-24-21-54-16-13-45-57(49,50)32-8-6-7-30(25-32)34-28-46(2)29-35-33(34)26-31(39)27-36(35)40/h6-8,25-27,34,45H,3-5,9-24,28-29H2,1-2H3,(H2,41,43,47)(H2,42,44,48). The number of ether oxygens (including phenoxy) is 6. The molecule has 1 aliphatic rings. The van der Waals surface area contributed by atoms with Crippen molar-refractivity contribution < 1.29 is 46.4 Å². The van der Waals surface area contributed by atoms with Gasteiger partial charge in [-0.3, -0.25) is 0 Å². The first kappa shape index (κ1) is 48.6. The number of halogens is 2. The van der Waals surface area contributed by atoms with Crippen molar-refractivity contribution in [1.29, 1.82) is 0 Å². The van der Waals surface area contributed by atoms with Gasteiger partial charge in [0.15, 0.2) is 0 Å². The number of likely N-dealkylation sites (N-methyl/N-ethyl adjacent to an activating group) is 1. The number of carbonyl (C=O) groups is 2. The smallest absolute Gasteiger partial charge is 0.314 e. The molecule has 19 heteroatoms. The lowest BCUT2D eigenvalue weighted by molar-refractivity contribution is 0.0165. The van der Waals surface area contributed by atoms with Crippen molar-refractivity contribution >= 4 is 45.3 Å². The second kappa shape index (κ2) is 28.6. The van der Waals surface area contributed by atoms with Gasteiger partial charge in [-0.05, 0) is 67.8 Å². The van der Waals surface area contributed by atoms with E-state index in [0.717, 1.165) is 16.7 Å². The molecule has 0 aliphatic carbocycles. The van der Waals surface area contributed by atoms with E-state index < -0.39 is 10.0 Å². The number of unbranched alkanes of at least 4 members (excludes halogenated alkanes) is 1. The van der Waals surface area contributed by atoms with E-state index in [2.05, 4.69) is 30.9 Å². The van der Waals surface area contributed by atoms with Crippen LogP contribution in [0, 0.1) is 0 Å². The van der Waals surface area contributed by atoms with Crippen LogP contribution < -0.4 is 26.0 Å². The minimum absolute atomic E-state index is 0.0766. The highest BCUT2D eigenvalue weighted by Crippen LogP contribution is 2.38. The third kappa shape index (κ3) is 20.1. The first-order valence-corrected chi connectivity index (χ1v) is 21.6. The van der Waals surface area contributed by atoms with E-state index >= 15 is 0 Å². The van der Waals surface area contributed by atoms with E-state index in [1.807, 2.05) is 26.1 Å². The molecule has 0 fully saturated rings. The first-order chi connectivity index (χ1) is 27.6. The molecule has 1 aliphatic heterocycles. The topological polar surface area (TPSA) is 187 Å². The number of nitrogens with zero attached hydrogens (tertiary/aromatic N) is 1. The number of fused-ring (bicyclic) bond motifs is 1. The zero-order valence-electron chi connectivity index (χ0n) is 33.1. The van der Waals surface area contributed by atoms with Crippen LogP contribution in [-0.2, 0) is 45.0 Å². The van der Waals surface area contributed by atoms with E-state index in [1.165, 1.54) is 0 Å². The van der Waals surface area contributed by atoms with E-state index in [-0.39, 0.29) is 36.0 Å². The summed E-state index contributed by atoms with van der Waals surface area (Å²) >= 11 is 12.8. The Morgan fingerprint density at radius 1 is 0.702 bits per heavy atom. The van der Waals surface area contributed by atoms with Gasteiger partial charge in [0.2, 0.25) is 10.0 Å². The molecule has 1 atom stereocenters.